The van der Waals surface area contributed by atoms with Gasteiger partial charge in [-0.15, -0.1) is 10.2 Å². The zero-order valence-corrected chi connectivity index (χ0v) is 17.4. The molecule has 4 aromatic rings. The largest absolute Gasteiger partial charge is 0.494 e. The summed E-state index contributed by atoms with van der Waals surface area (Å²) in [7, 11) is 4.77. The summed E-state index contributed by atoms with van der Waals surface area (Å²) >= 11 is 0. The number of carbonyl (C=O) groups excluding carboxylic acids is 1. The molecule has 0 radical (unpaired) electrons. The molecule has 3 heterocycles. The number of hydrogen-bond acceptors (Lipinski definition) is 8. The number of benzene rings is 1. The van der Waals surface area contributed by atoms with Crippen LogP contribution in [0.3, 0.4) is 0 Å². The number of aryl methyl sites for hydroxylation is 2. The van der Waals surface area contributed by atoms with Gasteiger partial charge < -0.3 is 19.9 Å². The summed E-state index contributed by atoms with van der Waals surface area (Å²) < 4.78 is 31.8. The van der Waals surface area contributed by atoms with Crippen molar-refractivity contribution in [3.05, 3.63) is 59.2 Å². The molecular weight excluding hydrogens is 414 g/mol. The smallest absolute Gasteiger partial charge is 0.333 e. The fourth-order valence-corrected chi connectivity index (χ4v) is 3.10. The Hall–Kier alpha value is -4.48. The summed E-state index contributed by atoms with van der Waals surface area (Å²) in [6.45, 7) is -2.74. The molecule has 0 spiro atoms. The molecule has 3 aromatic heterocycles. The molecule has 0 aliphatic rings. The van der Waals surface area contributed by atoms with Gasteiger partial charge in [0.05, 0.1) is 24.0 Å². The molecule has 0 atom stereocenters. The molecule has 0 aliphatic heterocycles. The molecular formula is C20H21N9O3. The number of anilines is 2. The third-order valence-corrected chi connectivity index (χ3v) is 4.63. The molecule has 32 heavy (non-hydrogen) atoms. The molecule has 1 aromatic carbocycles. The highest BCUT2D eigenvalue weighted by molar-refractivity contribution is 5.98. The van der Waals surface area contributed by atoms with Crippen LogP contribution in [-0.4, -0.2) is 54.1 Å². The fraction of sp³-hybridized carbons (Fsp3) is 0.200. The molecule has 0 aliphatic carbocycles. The molecule has 4 rings (SSSR count). The van der Waals surface area contributed by atoms with E-state index in [1.54, 1.807) is 49.5 Å². The van der Waals surface area contributed by atoms with Crippen LogP contribution in [0.1, 0.15) is 14.6 Å². The zero-order chi connectivity index (χ0) is 25.3. The number of para-hydroxylation sites is 1. The number of amides is 1. The number of hydrogen-bond donors (Lipinski definition) is 2. The Morgan fingerprint density at radius 1 is 1.19 bits per heavy atom. The number of imidazole rings is 1. The quantitative estimate of drug-likeness (QED) is 0.453. The van der Waals surface area contributed by atoms with Crippen LogP contribution in [0.25, 0.3) is 17.2 Å². The van der Waals surface area contributed by atoms with Gasteiger partial charge in [-0.25, -0.2) is 14.3 Å². The van der Waals surface area contributed by atoms with E-state index in [-0.39, 0.29) is 22.9 Å². The lowest BCUT2D eigenvalue weighted by Crippen LogP contribution is -2.24. The lowest BCUT2D eigenvalue weighted by molar-refractivity contribution is 0.0958. The number of rotatable bonds is 6. The molecule has 12 heteroatoms. The van der Waals surface area contributed by atoms with E-state index < -0.39 is 12.9 Å². The molecule has 164 valence electrons. The maximum Gasteiger partial charge on any atom is 0.333 e. The normalized spacial score (nSPS) is 12.5. The number of methoxy groups -OCH3 is 1. The molecule has 1 amide bonds. The van der Waals surface area contributed by atoms with Gasteiger partial charge in [0.15, 0.2) is 23.1 Å². The Bertz CT molecular complexity index is 1460. The third-order valence-electron chi connectivity index (χ3n) is 4.63. The molecule has 0 fully saturated rings. The first-order valence-electron chi connectivity index (χ1n) is 10.8. The zero-order valence-electron chi connectivity index (χ0n) is 20.4. The van der Waals surface area contributed by atoms with E-state index in [9.17, 15) is 9.59 Å². The summed E-state index contributed by atoms with van der Waals surface area (Å²) in [5.41, 5.74) is 0.410. The van der Waals surface area contributed by atoms with Crippen molar-refractivity contribution < 1.29 is 13.6 Å². The first kappa shape index (κ1) is 17.2. The Kier molecular flexibility index (Phi) is 4.49. The average molecular weight is 438 g/mol. The van der Waals surface area contributed by atoms with Crippen molar-refractivity contribution in [1.82, 2.24) is 39.4 Å². The fourth-order valence-electron chi connectivity index (χ4n) is 3.10. The van der Waals surface area contributed by atoms with Crippen molar-refractivity contribution in [3.63, 3.8) is 0 Å². The summed E-state index contributed by atoms with van der Waals surface area (Å²) in [5.74, 6) is -0.0765. The van der Waals surface area contributed by atoms with Crippen molar-refractivity contribution >= 4 is 17.3 Å². The maximum atomic E-state index is 12.7. The lowest BCUT2D eigenvalue weighted by atomic mass is 10.1. The minimum absolute atomic E-state index is 0.0944. The maximum absolute atomic E-state index is 12.7. The number of ether oxygens (including phenoxy) is 1. The molecule has 0 unspecified atom stereocenters. The van der Waals surface area contributed by atoms with Gasteiger partial charge in [0.25, 0.3) is 5.91 Å². The lowest BCUT2D eigenvalue weighted by Gasteiger charge is -2.16. The van der Waals surface area contributed by atoms with Gasteiger partial charge in [0, 0.05) is 43.6 Å². The summed E-state index contributed by atoms with van der Waals surface area (Å²) in [6.07, 6.45) is 4.58. The van der Waals surface area contributed by atoms with E-state index in [4.69, 9.17) is 8.85 Å². The van der Waals surface area contributed by atoms with Crippen LogP contribution in [0.4, 0.5) is 11.4 Å². The van der Waals surface area contributed by atoms with Crippen molar-refractivity contribution in [2.75, 3.05) is 19.4 Å². The van der Waals surface area contributed by atoms with Crippen molar-refractivity contribution in [2.45, 2.75) is 0 Å². The molecule has 2 N–H and O–H groups in total. The number of aromatic nitrogens is 7. The van der Waals surface area contributed by atoms with Crippen LogP contribution >= 0.6 is 0 Å². The van der Waals surface area contributed by atoms with Gasteiger partial charge >= 0.3 is 5.69 Å². The van der Waals surface area contributed by atoms with Crippen LogP contribution in [0.2, 0.25) is 0 Å². The van der Waals surface area contributed by atoms with E-state index in [0.717, 1.165) is 0 Å². The van der Waals surface area contributed by atoms with Crippen molar-refractivity contribution in [3.8, 4) is 23.0 Å². The Morgan fingerprint density at radius 2 is 2.03 bits per heavy atom. The Balaban J connectivity index is 1.83. The third kappa shape index (κ3) is 3.69. The van der Waals surface area contributed by atoms with Gasteiger partial charge in [-0.3, -0.25) is 9.48 Å². The highest BCUT2D eigenvalue weighted by Crippen LogP contribution is 2.36. The molecule has 12 nitrogen and oxygen atoms in total. The summed E-state index contributed by atoms with van der Waals surface area (Å²) in [4.78, 5) is 29.3. The second kappa shape index (κ2) is 8.34. The van der Waals surface area contributed by atoms with Crippen molar-refractivity contribution in [2.24, 2.45) is 14.1 Å². The highest BCUT2D eigenvalue weighted by Gasteiger charge is 2.19. The van der Waals surface area contributed by atoms with Gasteiger partial charge in [0.2, 0.25) is 0 Å². The predicted octanol–water partition coefficient (Wildman–Crippen LogP) is 0.873. The first-order valence-corrected chi connectivity index (χ1v) is 9.32. The summed E-state index contributed by atoms with van der Waals surface area (Å²) in [6, 6.07) is 6.59. The molecule has 0 saturated carbocycles. The van der Waals surface area contributed by atoms with E-state index in [0.29, 0.717) is 22.8 Å². The van der Waals surface area contributed by atoms with E-state index >= 15 is 0 Å². The number of nitrogens with one attached hydrogen (secondary N) is 2. The van der Waals surface area contributed by atoms with E-state index in [1.807, 2.05) is 5.32 Å². The van der Waals surface area contributed by atoms with Crippen LogP contribution in [0.5, 0.6) is 5.75 Å². The Labute approximate surface area is 186 Å². The second-order valence-electron chi connectivity index (χ2n) is 6.73. The minimum Gasteiger partial charge on any atom is -0.494 e. The number of nitrogens with zero attached hydrogens (tertiary/aromatic N) is 7. The molecule has 0 bridgehead atoms. The topological polar surface area (TPSA) is 134 Å². The van der Waals surface area contributed by atoms with E-state index in [1.165, 1.54) is 28.5 Å². The highest BCUT2D eigenvalue weighted by atomic mass is 16.5. The second-order valence-corrected chi connectivity index (χ2v) is 6.73. The van der Waals surface area contributed by atoms with Gasteiger partial charge in [0.1, 0.15) is 6.33 Å². The van der Waals surface area contributed by atoms with Gasteiger partial charge in [-0.2, -0.15) is 5.10 Å². The van der Waals surface area contributed by atoms with Crippen LogP contribution in [0, 0.1) is 0 Å². The van der Waals surface area contributed by atoms with Crippen molar-refractivity contribution in [1.29, 1.82) is 0 Å². The average Bonchev–Trinajstić information content (AvgIpc) is 3.37. The van der Waals surface area contributed by atoms with Gasteiger partial charge in [-0.05, 0) is 12.1 Å². The predicted molar refractivity (Wildman–Crippen MR) is 116 cm³/mol. The Morgan fingerprint density at radius 3 is 2.69 bits per heavy atom. The van der Waals surface area contributed by atoms with E-state index in [2.05, 4.69) is 25.6 Å². The van der Waals surface area contributed by atoms with Crippen LogP contribution in [-0.2, 0) is 14.1 Å². The monoisotopic (exact) mass is 438 g/mol. The van der Waals surface area contributed by atoms with Crippen LogP contribution < -0.4 is 21.1 Å². The standard InChI is InChI=1S/C20H21N9O3/c1-21-19(30)16-14(10-15(24-25-16)29-9-8-27(2)20(29)31)23-13-7-5-6-12(17(13)32-4)18-22-11-28(3)26-18/h5-11H,1-4H3,(H,21,30)(H,23,24)/i1D3. The molecule has 0 saturated heterocycles. The summed E-state index contributed by atoms with van der Waals surface area (Å²) in [5, 5.41) is 17.1. The van der Waals surface area contributed by atoms with Gasteiger partial charge in [-0.1, -0.05) is 6.07 Å². The first-order chi connectivity index (χ1) is 16.6. The number of carbonyl (C=O) groups is 1. The minimum atomic E-state index is -2.74. The van der Waals surface area contributed by atoms with Crippen LogP contribution in [0.15, 0.2) is 47.8 Å². The SMILES string of the molecule is [2H]C([2H])([2H])NC(=O)c1nnc(-n2ccn(C)c2=O)cc1Nc1cccc(-c2ncn(C)n2)c1OC.